The van der Waals surface area contributed by atoms with Crippen molar-refractivity contribution in [2.45, 2.75) is 14.4 Å². The molecule has 2 aromatic rings. The Labute approximate surface area is 227 Å². The predicted molar refractivity (Wildman–Crippen MR) is 109 cm³/mol. The van der Waals surface area contributed by atoms with Gasteiger partial charge in [-0.25, -0.2) is 13.6 Å². The fourth-order valence-electron chi connectivity index (χ4n) is 1.64. The van der Waals surface area contributed by atoms with E-state index in [9.17, 15) is 33.8 Å². The molecular weight excluding hydrogens is 540 g/mol. The van der Waals surface area contributed by atoms with Gasteiger partial charge in [0.25, 0.3) is 17.8 Å². The second-order valence-corrected chi connectivity index (χ2v) is 5.80. The molecule has 0 radical (unpaired) electrons. The number of aromatic hydroxyl groups is 1. The number of phenolic OH excluding ortho intramolecular Hbond substituents is 1. The van der Waals surface area contributed by atoms with Gasteiger partial charge in [-0.1, -0.05) is 30.6 Å². The van der Waals surface area contributed by atoms with E-state index in [0.717, 1.165) is 0 Å². The van der Waals surface area contributed by atoms with Crippen LogP contribution >= 0.6 is 23.2 Å². The summed E-state index contributed by atoms with van der Waals surface area (Å²) in [5.41, 5.74) is -1.08. The molecule has 0 saturated heterocycles. The molecule has 18 heteroatoms. The van der Waals surface area contributed by atoms with Gasteiger partial charge in [-0.3, -0.25) is 25.0 Å². The van der Waals surface area contributed by atoms with Gasteiger partial charge < -0.3 is 24.7 Å². The standard InChI is InChI=1S/C9H7ClFNO5.C6H3ClFNO3.CH2O3.CH4.Na/c1-2-16-9(13)17-8-4-7(12(14)15)5(10)3-6(8)11;7-3-1-4(8)6(10)2-5(3)9(11)12;2-1-4-3;;/h3-4H,2H2,1H3;1-2,10H;1,3H;1H4;/q;;;;+1/p-1. The molecule has 35 heavy (non-hydrogen) atoms. The van der Waals surface area contributed by atoms with Crippen LogP contribution in [0.3, 0.4) is 0 Å². The molecule has 0 aliphatic carbocycles. The molecular formula is C17H15Cl2F2N2NaO11. The van der Waals surface area contributed by atoms with E-state index >= 15 is 0 Å². The number of nitro groups is 2. The van der Waals surface area contributed by atoms with Gasteiger partial charge in [0.15, 0.2) is 23.1 Å². The van der Waals surface area contributed by atoms with E-state index in [2.05, 4.69) is 14.4 Å². The van der Waals surface area contributed by atoms with Gasteiger partial charge in [0.05, 0.1) is 28.6 Å². The summed E-state index contributed by atoms with van der Waals surface area (Å²) < 4.78 is 34.6. The van der Waals surface area contributed by atoms with E-state index in [1.54, 1.807) is 0 Å². The van der Waals surface area contributed by atoms with Crippen molar-refractivity contribution >= 4 is 47.2 Å². The molecule has 0 heterocycles. The van der Waals surface area contributed by atoms with Gasteiger partial charge in [0.2, 0.25) is 0 Å². The van der Waals surface area contributed by atoms with Crippen molar-refractivity contribution in [3.63, 3.8) is 0 Å². The minimum atomic E-state index is -1.15. The Balaban J connectivity index is -0.000000500. The average Bonchev–Trinajstić information content (AvgIpc) is 2.73. The minimum absolute atomic E-state index is 0. The summed E-state index contributed by atoms with van der Waals surface area (Å²) >= 11 is 10.7. The Kier molecular flexibility index (Phi) is 19.4. The topological polar surface area (TPSA) is 191 Å². The second kappa shape index (κ2) is 18.5. The van der Waals surface area contributed by atoms with E-state index in [1.165, 1.54) is 6.92 Å². The largest absolute Gasteiger partial charge is 1.00 e. The summed E-state index contributed by atoms with van der Waals surface area (Å²) in [6, 6.07) is 2.76. The Morgan fingerprint density at radius 2 is 1.49 bits per heavy atom. The van der Waals surface area contributed by atoms with Gasteiger partial charge in [0.1, 0.15) is 10.0 Å². The monoisotopic (exact) mass is 554 g/mol. The van der Waals surface area contributed by atoms with Crippen LogP contribution in [-0.4, -0.2) is 34.2 Å². The maximum atomic E-state index is 13.3. The second-order valence-electron chi connectivity index (χ2n) is 4.98. The number of carbonyl (C=O) groups excluding carboxylic acids is 2. The summed E-state index contributed by atoms with van der Waals surface area (Å²) in [4.78, 5) is 41.2. The number of nitrogens with zero attached hydrogens (tertiary/aromatic N) is 2. The first kappa shape index (κ1) is 36.7. The normalized spacial score (nSPS) is 8.74. The number of phenols is 1. The summed E-state index contributed by atoms with van der Waals surface area (Å²) in [6.45, 7) is 1.39. The zero-order valence-corrected chi connectivity index (χ0v) is 20.5. The average molecular weight is 555 g/mol. The molecule has 13 nitrogen and oxygen atoms in total. The van der Waals surface area contributed by atoms with Crippen molar-refractivity contribution in [3.05, 3.63) is 66.2 Å². The molecule has 0 unspecified atom stereocenters. The van der Waals surface area contributed by atoms with Crippen LogP contribution in [-0.2, 0) is 14.4 Å². The molecule has 188 valence electrons. The van der Waals surface area contributed by atoms with Gasteiger partial charge >= 0.3 is 35.7 Å². The number of hydrogen-bond acceptors (Lipinski definition) is 11. The zero-order chi connectivity index (χ0) is 25.7. The third-order valence-electron chi connectivity index (χ3n) is 2.91. The quantitative estimate of drug-likeness (QED) is 0.106. The molecule has 0 aliphatic heterocycles. The van der Waals surface area contributed by atoms with Crippen molar-refractivity contribution in [2.24, 2.45) is 0 Å². The molecule has 0 aromatic heterocycles. The van der Waals surface area contributed by atoms with Gasteiger partial charge in [-0.15, -0.1) is 0 Å². The number of carbonyl (C=O) groups is 2. The van der Waals surface area contributed by atoms with Crippen molar-refractivity contribution < 1.29 is 82.5 Å². The number of rotatable bonds is 5. The molecule has 0 spiro atoms. The van der Waals surface area contributed by atoms with Crippen LogP contribution in [0, 0.1) is 31.9 Å². The van der Waals surface area contributed by atoms with Crippen LogP contribution in [0.5, 0.6) is 11.5 Å². The fourth-order valence-corrected chi connectivity index (χ4v) is 2.08. The molecule has 2 aromatic carbocycles. The first-order valence-electron chi connectivity index (χ1n) is 7.92. The van der Waals surface area contributed by atoms with Crippen molar-refractivity contribution in [3.8, 4) is 11.5 Å². The maximum Gasteiger partial charge on any atom is 1.00 e. The van der Waals surface area contributed by atoms with Crippen molar-refractivity contribution in [1.82, 2.24) is 0 Å². The number of ether oxygens (including phenoxy) is 2. The molecule has 0 atom stereocenters. The first-order valence-corrected chi connectivity index (χ1v) is 8.67. The van der Waals surface area contributed by atoms with E-state index in [0.29, 0.717) is 24.3 Å². The summed E-state index contributed by atoms with van der Waals surface area (Å²) in [7, 11) is 0. The third kappa shape index (κ3) is 13.0. The SMILES string of the molecule is C.CCOC(=O)Oc1cc([N+](=O)[O-])c(Cl)cc1F.O=CO[O-].O=[N+]([O-])c1cc(O)c(F)cc1Cl.[Na+]. The summed E-state index contributed by atoms with van der Waals surface area (Å²) in [5.74, 6) is -3.37. The zero-order valence-electron chi connectivity index (χ0n) is 17.0. The van der Waals surface area contributed by atoms with Gasteiger partial charge in [-0.2, -0.15) is 0 Å². The van der Waals surface area contributed by atoms with Crippen LogP contribution in [0.15, 0.2) is 24.3 Å². The minimum Gasteiger partial charge on any atom is -0.662 e. The van der Waals surface area contributed by atoms with Crippen LogP contribution in [0.2, 0.25) is 10.0 Å². The van der Waals surface area contributed by atoms with Crippen LogP contribution in [0.25, 0.3) is 0 Å². The van der Waals surface area contributed by atoms with Crippen LogP contribution in [0.1, 0.15) is 14.4 Å². The Morgan fingerprint density at radius 3 is 1.89 bits per heavy atom. The number of nitro benzene ring substituents is 2. The molecule has 2 rings (SSSR count). The van der Waals surface area contributed by atoms with Gasteiger partial charge in [0, 0.05) is 12.1 Å². The molecule has 0 fully saturated rings. The number of halogens is 4. The molecule has 0 bridgehead atoms. The molecule has 0 aliphatic rings. The molecule has 1 N–H and O–H groups in total. The molecule has 0 amide bonds. The molecule has 0 saturated carbocycles. The van der Waals surface area contributed by atoms with Gasteiger partial charge in [-0.05, 0) is 6.92 Å². The van der Waals surface area contributed by atoms with Crippen LogP contribution in [0.4, 0.5) is 25.0 Å². The van der Waals surface area contributed by atoms with Crippen molar-refractivity contribution in [2.75, 3.05) is 6.61 Å². The smallest absolute Gasteiger partial charge is 0.662 e. The predicted octanol–water partition coefficient (Wildman–Crippen LogP) is 1.09. The summed E-state index contributed by atoms with van der Waals surface area (Å²) in [5, 5.41) is 37.1. The fraction of sp³-hybridized carbons (Fsp3) is 0.176. The first-order chi connectivity index (χ1) is 15.4. The van der Waals surface area contributed by atoms with E-state index in [-0.39, 0.29) is 60.1 Å². The van der Waals surface area contributed by atoms with Crippen molar-refractivity contribution in [1.29, 1.82) is 0 Å². The Hall–Kier alpha value is -2.82. The Morgan fingerprint density at radius 1 is 1.06 bits per heavy atom. The van der Waals surface area contributed by atoms with E-state index in [4.69, 9.17) is 38.4 Å². The third-order valence-corrected chi connectivity index (χ3v) is 3.51. The maximum absolute atomic E-state index is 13.3. The van der Waals surface area contributed by atoms with E-state index in [1.807, 2.05) is 0 Å². The Bertz CT molecular complexity index is 1030. The number of benzene rings is 2. The number of hydrogen-bond donors (Lipinski definition) is 1. The van der Waals surface area contributed by atoms with Crippen LogP contribution < -0.4 is 39.6 Å². The summed E-state index contributed by atoms with van der Waals surface area (Å²) in [6.07, 6.45) is -1.15. The van der Waals surface area contributed by atoms with E-state index < -0.39 is 50.5 Å².